The van der Waals surface area contributed by atoms with Crippen molar-refractivity contribution >= 4 is 11.9 Å². The molecule has 5 nitrogen and oxygen atoms in total. The molecule has 1 rings (SSSR count). The zero-order chi connectivity index (χ0) is 26.7. The van der Waals surface area contributed by atoms with Gasteiger partial charge in [-0.3, -0.25) is 9.68 Å². The molecule has 0 radical (unpaired) electrons. The maximum atomic E-state index is 12.7. The number of unbranched alkanes of at least 4 members (excludes halogenated alkanes) is 10. The molecule has 0 amide bonds. The minimum atomic E-state index is -0.338. The Labute approximate surface area is 228 Å². The Morgan fingerprint density at radius 2 is 1.24 bits per heavy atom. The van der Waals surface area contributed by atoms with Crippen LogP contribution < -0.4 is 0 Å². The van der Waals surface area contributed by atoms with Crippen molar-refractivity contribution in [1.29, 1.82) is 0 Å². The minimum absolute atomic E-state index is 0.0261. The molecule has 0 bridgehead atoms. The lowest BCUT2D eigenvalue weighted by Crippen LogP contribution is -2.20. The van der Waals surface area contributed by atoms with Crippen molar-refractivity contribution in [3.8, 4) is 0 Å². The highest BCUT2D eigenvalue weighted by Gasteiger charge is 2.19. The van der Waals surface area contributed by atoms with Crippen LogP contribution >= 0.6 is 0 Å². The van der Waals surface area contributed by atoms with Crippen LogP contribution in [0.1, 0.15) is 161 Å². The second-order valence-electron chi connectivity index (χ2n) is 10.9. The summed E-state index contributed by atoms with van der Waals surface area (Å²) in [5.41, 5.74) is 0. The number of cyclic esters (lactones) is 1. The standard InChI is InChI=1S/C32H58O5/c1-2-3-4-5-6-7-8-9-10-11-13-16-19-22-25-30-26-23-20-17-14-12-15-18-21-24-27-31(33)37-36-29-28-35-32(30)34/h9-10,30H,2-8,11-29H2,1H3/b10-9-. The summed E-state index contributed by atoms with van der Waals surface area (Å²) >= 11 is 0. The van der Waals surface area contributed by atoms with E-state index >= 15 is 0 Å². The van der Waals surface area contributed by atoms with Gasteiger partial charge < -0.3 is 4.74 Å². The van der Waals surface area contributed by atoms with Crippen molar-refractivity contribution in [2.45, 2.75) is 161 Å². The van der Waals surface area contributed by atoms with Gasteiger partial charge in [0.05, 0.1) is 5.92 Å². The van der Waals surface area contributed by atoms with Gasteiger partial charge in [-0.05, 0) is 44.9 Å². The van der Waals surface area contributed by atoms with E-state index in [1.807, 2.05) is 0 Å². The molecule has 0 aromatic heterocycles. The number of rotatable bonds is 14. The van der Waals surface area contributed by atoms with Gasteiger partial charge >= 0.3 is 11.9 Å². The zero-order valence-corrected chi connectivity index (χ0v) is 24.2. The van der Waals surface area contributed by atoms with Crippen LogP contribution in [0.25, 0.3) is 0 Å². The van der Waals surface area contributed by atoms with Crippen LogP contribution in [0.3, 0.4) is 0 Å². The van der Waals surface area contributed by atoms with Crippen LogP contribution in [-0.4, -0.2) is 25.2 Å². The van der Waals surface area contributed by atoms with E-state index in [2.05, 4.69) is 19.1 Å². The number of hydrogen-bond donors (Lipinski definition) is 0. The second-order valence-corrected chi connectivity index (χ2v) is 10.9. The van der Waals surface area contributed by atoms with Crippen molar-refractivity contribution in [2.75, 3.05) is 13.2 Å². The molecule has 216 valence electrons. The SMILES string of the molecule is CCCCCCCC/C=C\CCCCCCC1CCCCCCCCCCCC(=O)OOCCOC1=O. The zero-order valence-electron chi connectivity index (χ0n) is 24.2. The summed E-state index contributed by atoms with van der Waals surface area (Å²) in [6.45, 7) is 2.49. The molecule has 0 N–H and O–H groups in total. The van der Waals surface area contributed by atoms with Gasteiger partial charge in [0.1, 0.15) is 13.2 Å². The quantitative estimate of drug-likeness (QED) is 0.0983. The molecule has 0 saturated carbocycles. The van der Waals surface area contributed by atoms with Crippen LogP contribution in [0, 0.1) is 5.92 Å². The maximum absolute atomic E-state index is 12.7. The van der Waals surface area contributed by atoms with Gasteiger partial charge in [-0.2, -0.15) is 4.89 Å². The molecule has 1 unspecified atom stereocenters. The fourth-order valence-electron chi connectivity index (χ4n) is 5.01. The summed E-state index contributed by atoms with van der Waals surface area (Å²) in [7, 11) is 0. The van der Waals surface area contributed by atoms with Crippen molar-refractivity contribution in [3.63, 3.8) is 0 Å². The highest BCUT2D eigenvalue weighted by molar-refractivity contribution is 5.72. The lowest BCUT2D eigenvalue weighted by molar-refractivity contribution is -0.275. The van der Waals surface area contributed by atoms with E-state index in [9.17, 15) is 9.59 Å². The fourth-order valence-corrected chi connectivity index (χ4v) is 5.01. The van der Waals surface area contributed by atoms with Crippen LogP contribution in [0.2, 0.25) is 0 Å². The third kappa shape index (κ3) is 22.3. The van der Waals surface area contributed by atoms with Gasteiger partial charge in [0.25, 0.3) is 0 Å². The molecule has 37 heavy (non-hydrogen) atoms. The molecule has 1 fully saturated rings. The van der Waals surface area contributed by atoms with E-state index in [4.69, 9.17) is 14.5 Å². The number of allylic oxidation sites excluding steroid dienone is 2. The van der Waals surface area contributed by atoms with E-state index in [0.717, 1.165) is 38.5 Å². The Kier molecular flexibility index (Phi) is 23.9. The molecule has 1 aliphatic heterocycles. The predicted octanol–water partition coefficient (Wildman–Crippen LogP) is 9.57. The molecule has 0 aromatic rings. The third-order valence-corrected chi connectivity index (χ3v) is 7.39. The van der Waals surface area contributed by atoms with Crippen LogP contribution in [0.5, 0.6) is 0 Å². The Morgan fingerprint density at radius 3 is 1.92 bits per heavy atom. The van der Waals surface area contributed by atoms with Gasteiger partial charge in [0.2, 0.25) is 0 Å². The molecule has 1 aliphatic rings. The maximum Gasteiger partial charge on any atom is 0.342 e. The number of ether oxygens (including phenoxy) is 1. The van der Waals surface area contributed by atoms with E-state index in [1.165, 1.54) is 109 Å². The Hall–Kier alpha value is -1.36. The van der Waals surface area contributed by atoms with Gasteiger partial charge in [-0.25, -0.2) is 4.79 Å². The molecule has 1 atom stereocenters. The summed E-state index contributed by atoms with van der Waals surface area (Å²) in [5.74, 6) is -0.484. The number of carbonyl (C=O) groups excluding carboxylic acids is 2. The number of esters is 1. The van der Waals surface area contributed by atoms with Crippen LogP contribution in [-0.2, 0) is 24.1 Å². The van der Waals surface area contributed by atoms with Gasteiger partial charge in [-0.1, -0.05) is 122 Å². The van der Waals surface area contributed by atoms with E-state index < -0.39 is 0 Å². The van der Waals surface area contributed by atoms with Crippen molar-refractivity contribution in [2.24, 2.45) is 5.92 Å². The molecule has 5 heteroatoms. The molecule has 1 heterocycles. The Bertz CT molecular complexity index is 559. The minimum Gasteiger partial charge on any atom is -0.463 e. The summed E-state index contributed by atoms with van der Waals surface area (Å²) < 4.78 is 5.46. The molecule has 0 aliphatic carbocycles. The smallest absolute Gasteiger partial charge is 0.342 e. The first-order valence-corrected chi connectivity index (χ1v) is 15.9. The first kappa shape index (κ1) is 33.7. The average molecular weight is 523 g/mol. The Balaban J connectivity index is 2.21. The van der Waals surface area contributed by atoms with Crippen LogP contribution in [0.4, 0.5) is 0 Å². The largest absolute Gasteiger partial charge is 0.463 e. The van der Waals surface area contributed by atoms with E-state index in [1.54, 1.807) is 0 Å². The van der Waals surface area contributed by atoms with Gasteiger partial charge in [0, 0.05) is 6.42 Å². The number of carbonyl (C=O) groups is 2. The molecular weight excluding hydrogens is 464 g/mol. The predicted molar refractivity (Wildman–Crippen MR) is 152 cm³/mol. The first-order chi connectivity index (χ1) is 18.2. The molecule has 0 spiro atoms. The monoisotopic (exact) mass is 522 g/mol. The summed E-state index contributed by atoms with van der Waals surface area (Å²) in [4.78, 5) is 34.1. The van der Waals surface area contributed by atoms with Crippen molar-refractivity contribution < 1.29 is 24.1 Å². The fraction of sp³-hybridized carbons (Fsp3) is 0.875. The molecule has 0 aromatic carbocycles. The van der Waals surface area contributed by atoms with Crippen LogP contribution in [0.15, 0.2) is 12.2 Å². The summed E-state index contributed by atoms with van der Waals surface area (Å²) in [6.07, 6.45) is 32.6. The normalized spacial score (nSPS) is 20.1. The highest BCUT2D eigenvalue weighted by Crippen LogP contribution is 2.21. The number of hydrogen-bond acceptors (Lipinski definition) is 5. The summed E-state index contributed by atoms with van der Waals surface area (Å²) in [5, 5.41) is 0. The molecule has 1 saturated heterocycles. The third-order valence-electron chi connectivity index (χ3n) is 7.39. The highest BCUT2D eigenvalue weighted by atomic mass is 17.2. The van der Waals surface area contributed by atoms with Gasteiger partial charge in [0.15, 0.2) is 0 Å². The topological polar surface area (TPSA) is 61.8 Å². The first-order valence-electron chi connectivity index (χ1n) is 15.9. The van der Waals surface area contributed by atoms with Crippen molar-refractivity contribution in [1.82, 2.24) is 0 Å². The van der Waals surface area contributed by atoms with Gasteiger partial charge in [-0.15, -0.1) is 0 Å². The average Bonchev–Trinajstić information content (AvgIpc) is 2.89. The lowest BCUT2D eigenvalue weighted by Gasteiger charge is -2.16. The van der Waals surface area contributed by atoms with Crippen molar-refractivity contribution in [3.05, 3.63) is 12.2 Å². The molecular formula is C32H58O5. The van der Waals surface area contributed by atoms with E-state index in [-0.39, 0.29) is 31.1 Å². The lowest BCUT2D eigenvalue weighted by atomic mass is 9.94. The second kappa shape index (κ2) is 26.3. The summed E-state index contributed by atoms with van der Waals surface area (Å²) in [6, 6.07) is 0. The Morgan fingerprint density at radius 1 is 0.676 bits per heavy atom. The van der Waals surface area contributed by atoms with E-state index in [0.29, 0.717) is 6.42 Å².